The number of anilines is 1. The monoisotopic (exact) mass is 528 g/mol. The molecule has 1 aliphatic rings. The highest BCUT2D eigenvalue weighted by molar-refractivity contribution is 7.99. The Balaban J connectivity index is 1.50. The van der Waals surface area contributed by atoms with Crippen molar-refractivity contribution in [3.05, 3.63) is 45.1 Å². The van der Waals surface area contributed by atoms with Crippen molar-refractivity contribution in [2.75, 3.05) is 25.3 Å². The number of carbonyl (C=O) groups excluding carboxylic acids is 3. The first-order chi connectivity index (χ1) is 17.4. The number of fused-ring (bicyclic) bond motifs is 1. The van der Waals surface area contributed by atoms with Gasteiger partial charge in [0.25, 0.3) is 0 Å². The van der Waals surface area contributed by atoms with Gasteiger partial charge < -0.3 is 19.4 Å². The van der Waals surface area contributed by atoms with Crippen molar-refractivity contribution < 1.29 is 23.9 Å². The van der Waals surface area contributed by atoms with Crippen LogP contribution in [0, 0.1) is 5.92 Å². The molecular formula is C25H28N4O5S2. The van der Waals surface area contributed by atoms with Gasteiger partial charge in [-0.2, -0.15) is 0 Å². The highest BCUT2D eigenvalue weighted by Crippen LogP contribution is 2.38. The lowest BCUT2D eigenvalue weighted by Gasteiger charge is -2.19. The van der Waals surface area contributed by atoms with Crippen LogP contribution < -0.4 is 5.32 Å². The zero-order valence-electron chi connectivity index (χ0n) is 20.6. The molecule has 1 N–H and O–H groups in total. The van der Waals surface area contributed by atoms with E-state index in [9.17, 15) is 14.4 Å². The van der Waals surface area contributed by atoms with Crippen molar-refractivity contribution in [3.8, 4) is 11.4 Å². The Kier molecular flexibility index (Phi) is 8.10. The summed E-state index contributed by atoms with van der Waals surface area (Å²) in [7, 11) is 2.51. The molecule has 1 aliphatic carbocycles. The Hall–Kier alpha value is -3.18. The number of amides is 1. The summed E-state index contributed by atoms with van der Waals surface area (Å²) in [4.78, 5) is 38.3. The molecule has 1 unspecified atom stereocenters. The molecule has 36 heavy (non-hydrogen) atoms. The molecule has 1 amide bonds. The third-order valence-corrected chi connectivity index (χ3v) is 8.15. The fraction of sp³-hybridized carbons (Fsp3) is 0.400. The SMILES string of the molecule is CCn1c(SCC(=O)Nc2cc(C(=O)OC)ccc2C(=O)OC)nnc1-c1csc2c1CCC(C)C2. The van der Waals surface area contributed by atoms with E-state index < -0.39 is 11.9 Å². The highest BCUT2D eigenvalue weighted by Gasteiger charge is 2.24. The summed E-state index contributed by atoms with van der Waals surface area (Å²) in [6.45, 7) is 4.98. The Bertz CT molecular complexity index is 1300. The lowest BCUT2D eigenvalue weighted by Crippen LogP contribution is -2.18. The standard InChI is InChI=1S/C25H28N4O5S2/c1-5-29-22(18-12-35-20-10-14(2)6-8-16(18)20)27-28-25(29)36-13-21(30)26-19-11-15(23(31)33-3)7-9-17(19)24(32)34-4/h7,9,11-12,14H,5-6,8,10,13H2,1-4H3,(H,26,30). The Labute approximate surface area is 217 Å². The molecule has 0 spiro atoms. The van der Waals surface area contributed by atoms with Crippen molar-refractivity contribution in [2.45, 2.75) is 44.8 Å². The van der Waals surface area contributed by atoms with Crippen LogP contribution >= 0.6 is 23.1 Å². The van der Waals surface area contributed by atoms with Crippen molar-refractivity contribution in [1.29, 1.82) is 0 Å². The van der Waals surface area contributed by atoms with Gasteiger partial charge >= 0.3 is 11.9 Å². The predicted molar refractivity (Wildman–Crippen MR) is 139 cm³/mol. The molecule has 0 radical (unpaired) electrons. The molecule has 0 aliphatic heterocycles. The summed E-state index contributed by atoms with van der Waals surface area (Å²) in [6, 6.07) is 4.26. The van der Waals surface area contributed by atoms with Crippen molar-refractivity contribution in [1.82, 2.24) is 14.8 Å². The number of ether oxygens (including phenoxy) is 2. The number of thiophene rings is 1. The van der Waals surface area contributed by atoms with Crippen molar-refractivity contribution in [3.63, 3.8) is 0 Å². The van der Waals surface area contributed by atoms with Gasteiger partial charge in [-0.3, -0.25) is 4.79 Å². The maximum Gasteiger partial charge on any atom is 0.339 e. The number of methoxy groups -OCH3 is 2. The van der Waals surface area contributed by atoms with Gasteiger partial charge in [-0.1, -0.05) is 18.7 Å². The number of hydrogen-bond acceptors (Lipinski definition) is 9. The predicted octanol–water partition coefficient (Wildman–Crippen LogP) is 4.46. The molecule has 1 atom stereocenters. The van der Waals surface area contributed by atoms with Gasteiger partial charge in [-0.15, -0.1) is 21.5 Å². The first-order valence-corrected chi connectivity index (χ1v) is 13.5. The van der Waals surface area contributed by atoms with E-state index in [2.05, 4.69) is 27.8 Å². The van der Waals surface area contributed by atoms with Crippen LogP contribution in [0.5, 0.6) is 0 Å². The van der Waals surface area contributed by atoms with Gasteiger partial charge in [-0.05, 0) is 55.9 Å². The summed E-state index contributed by atoms with van der Waals surface area (Å²) < 4.78 is 11.6. The molecular weight excluding hydrogens is 500 g/mol. The number of esters is 2. The Morgan fingerprint density at radius 2 is 1.97 bits per heavy atom. The Morgan fingerprint density at radius 3 is 2.69 bits per heavy atom. The lowest BCUT2D eigenvalue weighted by atomic mass is 9.88. The zero-order chi connectivity index (χ0) is 25.8. The highest BCUT2D eigenvalue weighted by atomic mass is 32.2. The smallest absolute Gasteiger partial charge is 0.339 e. The van der Waals surface area contributed by atoms with Gasteiger partial charge in [0.2, 0.25) is 5.91 Å². The summed E-state index contributed by atoms with van der Waals surface area (Å²) in [5, 5.41) is 14.3. The number of nitrogens with one attached hydrogen (secondary N) is 1. The van der Waals surface area contributed by atoms with Gasteiger partial charge in [0, 0.05) is 22.4 Å². The molecule has 0 saturated heterocycles. The fourth-order valence-corrected chi connectivity index (χ4v) is 6.29. The molecule has 0 saturated carbocycles. The van der Waals surface area contributed by atoms with Gasteiger partial charge in [-0.25, -0.2) is 9.59 Å². The number of carbonyl (C=O) groups is 3. The minimum Gasteiger partial charge on any atom is -0.465 e. The molecule has 9 nitrogen and oxygen atoms in total. The van der Waals surface area contributed by atoms with Crippen LogP contribution in [0.3, 0.4) is 0 Å². The third kappa shape index (κ3) is 5.31. The molecule has 0 fully saturated rings. The second-order valence-corrected chi connectivity index (χ2v) is 10.4. The molecule has 2 heterocycles. The number of benzene rings is 1. The average Bonchev–Trinajstić information content (AvgIpc) is 3.49. The van der Waals surface area contributed by atoms with E-state index >= 15 is 0 Å². The topological polar surface area (TPSA) is 112 Å². The van der Waals surface area contributed by atoms with Gasteiger partial charge in [0.1, 0.15) is 0 Å². The van der Waals surface area contributed by atoms with E-state index in [1.807, 2.05) is 11.5 Å². The minimum absolute atomic E-state index is 0.0421. The summed E-state index contributed by atoms with van der Waals surface area (Å²) in [5.74, 6) is 0.00170. The second-order valence-electron chi connectivity index (χ2n) is 8.53. The molecule has 190 valence electrons. The van der Waals surface area contributed by atoms with Crippen LogP contribution in [0.2, 0.25) is 0 Å². The van der Waals surface area contributed by atoms with E-state index in [-0.39, 0.29) is 28.5 Å². The molecule has 1 aromatic carbocycles. The summed E-state index contributed by atoms with van der Waals surface area (Å²) in [5.41, 5.74) is 3.02. The number of aromatic nitrogens is 3. The average molecular weight is 529 g/mol. The van der Waals surface area contributed by atoms with E-state index in [4.69, 9.17) is 9.47 Å². The molecule has 3 aromatic rings. The summed E-state index contributed by atoms with van der Waals surface area (Å²) >= 11 is 3.05. The third-order valence-electron chi connectivity index (χ3n) is 6.13. The van der Waals surface area contributed by atoms with Crippen LogP contribution in [0.25, 0.3) is 11.4 Å². The van der Waals surface area contributed by atoms with E-state index in [1.165, 1.54) is 61.0 Å². The van der Waals surface area contributed by atoms with Crippen LogP contribution in [-0.4, -0.2) is 52.6 Å². The normalized spacial score (nSPS) is 14.7. The van der Waals surface area contributed by atoms with Crippen LogP contribution in [-0.2, 0) is 33.7 Å². The molecule has 0 bridgehead atoms. The zero-order valence-corrected chi connectivity index (χ0v) is 22.3. The fourth-order valence-electron chi connectivity index (χ4n) is 4.24. The minimum atomic E-state index is -0.627. The van der Waals surface area contributed by atoms with Crippen molar-refractivity contribution in [2.24, 2.45) is 5.92 Å². The first kappa shape index (κ1) is 25.9. The van der Waals surface area contributed by atoms with Crippen LogP contribution in [0.4, 0.5) is 5.69 Å². The maximum absolute atomic E-state index is 12.8. The molecule has 11 heteroatoms. The van der Waals surface area contributed by atoms with E-state index in [0.717, 1.165) is 24.2 Å². The Morgan fingerprint density at radius 1 is 1.19 bits per heavy atom. The lowest BCUT2D eigenvalue weighted by molar-refractivity contribution is -0.113. The molecule has 2 aromatic heterocycles. The molecule has 4 rings (SSSR count). The number of rotatable bonds is 8. The van der Waals surface area contributed by atoms with Crippen LogP contribution in [0.1, 0.15) is 51.4 Å². The van der Waals surface area contributed by atoms with Crippen molar-refractivity contribution >= 4 is 46.6 Å². The number of hydrogen-bond donors (Lipinski definition) is 1. The second kappa shape index (κ2) is 11.3. The number of thioether (sulfide) groups is 1. The van der Waals surface area contributed by atoms with E-state index in [1.54, 1.807) is 11.3 Å². The maximum atomic E-state index is 12.8. The van der Waals surface area contributed by atoms with Gasteiger partial charge in [0.15, 0.2) is 11.0 Å². The quantitative estimate of drug-likeness (QED) is 0.337. The number of nitrogens with zero attached hydrogens (tertiary/aromatic N) is 3. The first-order valence-electron chi connectivity index (χ1n) is 11.6. The summed E-state index contributed by atoms with van der Waals surface area (Å²) in [6.07, 6.45) is 3.32. The van der Waals surface area contributed by atoms with Gasteiger partial charge in [0.05, 0.1) is 36.8 Å². The van der Waals surface area contributed by atoms with Crippen LogP contribution in [0.15, 0.2) is 28.7 Å². The van der Waals surface area contributed by atoms with E-state index in [0.29, 0.717) is 17.6 Å². The largest absolute Gasteiger partial charge is 0.465 e.